The molecule has 0 saturated carbocycles. The smallest absolute Gasteiger partial charge is 0.325 e. The van der Waals surface area contributed by atoms with Gasteiger partial charge in [0.1, 0.15) is 0 Å². The second kappa shape index (κ2) is 6.11. The fourth-order valence-electron chi connectivity index (χ4n) is 3.69. The van der Waals surface area contributed by atoms with Crippen LogP contribution in [0, 0.1) is 5.41 Å². The first kappa shape index (κ1) is 16.2. The molecule has 0 radical (unpaired) electrons. The van der Waals surface area contributed by atoms with E-state index in [1.54, 1.807) is 6.07 Å². The molecule has 4 nitrogen and oxygen atoms in total. The third-order valence-corrected chi connectivity index (χ3v) is 4.95. The maximum atomic E-state index is 13.7. The standard InChI is InChI=1S/C16H20F3N3O/c17-16(18,19)14(12-3-1-2-8-21-12)22-11-15(5-4-13(22)23)6-9-20-10-7-15/h1-3,8,14,20H,4-7,9-11H2. The molecule has 1 atom stereocenters. The Kier molecular flexibility index (Phi) is 4.31. The zero-order chi connectivity index (χ0) is 16.5. The average molecular weight is 327 g/mol. The monoisotopic (exact) mass is 327 g/mol. The topological polar surface area (TPSA) is 45.2 Å². The van der Waals surface area contributed by atoms with E-state index in [9.17, 15) is 18.0 Å². The summed E-state index contributed by atoms with van der Waals surface area (Å²) in [4.78, 5) is 17.1. The largest absolute Gasteiger partial charge is 0.414 e. The van der Waals surface area contributed by atoms with Gasteiger partial charge in [-0.1, -0.05) is 6.07 Å². The second-order valence-corrected chi connectivity index (χ2v) is 6.47. The van der Waals surface area contributed by atoms with Crippen LogP contribution in [0.5, 0.6) is 0 Å². The van der Waals surface area contributed by atoms with E-state index < -0.39 is 18.1 Å². The molecule has 2 aliphatic rings. The predicted molar refractivity (Wildman–Crippen MR) is 78.5 cm³/mol. The minimum Gasteiger partial charge on any atom is -0.325 e. The molecular formula is C16H20F3N3O. The Morgan fingerprint density at radius 2 is 1.96 bits per heavy atom. The molecule has 2 fully saturated rings. The highest BCUT2D eigenvalue weighted by atomic mass is 19.4. The Balaban J connectivity index is 1.92. The molecule has 126 valence electrons. The van der Waals surface area contributed by atoms with Crippen molar-refractivity contribution in [3.63, 3.8) is 0 Å². The summed E-state index contributed by atoms with van der Waals surface area (Å²) in [6.07, 6.45) is -0.721. The Hall–Kier alpha value is -1.63. The first-order valence-electron chi connectivity index (χ1n) is 7.89. The summed E-state index contributed by atoms with van der Waals surface area (Å²) in [7, 11) is 0. The third-order valence-electron chi connectivity index (χ3n) is 4.95. The second-order valence-electron chi connectivity index (χ2n) is 6.47. The quantitative estimate of drug-likeness (QED) is 0.908. The Morgan fingerprint density at radius 1 is 1.22 bits per heavy atom. The first-order chi connectivity index (χ1) is 10.9. The molecule has 1 N–H and O–H groups in total. The maximum Gasteiger partial charge on any atom is 0.414 e. The van der Waals surface area contributed by atoms with Gasteiger partial charge >= 0.3 is 6.18 Å². The van der Waals surface area contributed by atoms with Gasteiger partial charge in [-0.15, -0.1) is 0 Å². The Morgan fingerprint density at radius 3 is 2.57 bits per heavy atom. The van der Waals surface area contributed by atoms with Gasteiger partial charge in [0.05, 0.1) is 5.69 Å². The first-order valence-corrected chi connectivity index (χ1v) is 7.89. The molecule has 2 aliphatic heterocycles. The number of carbonyl (C=O) groups is 1. The SMILES string of the molecule is O=C1CCC2(CCNCC2)CN1C(c1ccccn1)C(F)(F)F. The molecule has 0 aromatic carbocycles. The molecule has 1 aromatic heterocycles. The number of nitrogens with one attached hydrogen (secondary N) is 1. The van der Waals surface area contributed by atoms with Crippen LogP contribution in [-0.2, 0) is 4.79 Å². The Bertz CT molecular complexity index is 555. The van der Waals surface area contributed by atoms with Crippen molar-refractivity contribution in [1.29, 1.82) is 0 Å². The molecule has 1 spiro atoms. The van der Waals surface area contributed by atoms with Gasteiger partial charge in [0.2, 0.25) is 5.91 Å². The van der Waals surface area contributed by atoms with E-state index in [2.05, 4.69) is 10.3 Å². The lowest BCUT2D eigenvalue weighted by atomic mass is 9.72. The Labute approximate surface area is 133 Å². The van der Waals surface area contributed by atoms with Crippen molar-refractivity contribution in [3.8, 4) is 0 Å². The van der Waals surface area contributed by atoms with Gasteiger partial charge in [-0.25, -0.2) is 0 Å². The van der Waals surface area contributed by atoms with Crippen molar-refractivity contribution in [2.45, 2.75) is 37.9 Å². The van der Waals surface area contributed by atoms with Gasteiger partial charge in [-0.05, 0) is 49.9 Å². The molecule has 0 aliphatic carbocycles. The molecule has 1 unspecified atom stereocenters. The van der Waals surface area contributed by atoms with E-state index >= 15 is 0 Å². The number of nitrogens with zero attached hydrogens (tertiary/aromatic N) is 2. The van der Waals surface area contributed by atoms with Gasteiger partial charge in [-0.3, -0.25) is 9.78 Å². The van der Waals surface area contributed by atoms with Crippen molar-refractivity contribution in [3.05, 3.63) is 30.1 Å². The zero-order valence-electron chi connectivity index (χ0n) is 12.8. The van der Waals surface area contributed by atoms with E-state index in [0.29, 0.717) is 6.42 Å². The fraction of sp³-hybridized carbons (Fsp3) is 0.625. The van der Waals surface area contributed by atoms with Gasteiger partial charge < -0.3 is 10.2 Å². The number of likely N-dealkylation sites (tertiary alicyclic amines) is 1. The minimum atomic E-state index is -4.53. The molecule has 23 heavy (non-hydrogen) atoms. The number of hydrogen-bond donors (Lipinski definition) is 1. The summed E-state index contributed by atoms with van der Waals surface area (Å²) < 4.78 is 41.0. The van der Waals surface area contributed by atoms with Crippen LogP contribution in [0.2, 0.25) is 0 Å². The van der Waals surface area contributed by atoms with Crippen LogP contribution in [0.4, 0.5) is 13.2 Å². The maximum absolute atomic E-state index is 13.7. The number of pyridine rings is 1. The highest BCUT2D eigenvalue weighted by Crippen LogP contribution is 2.45. The molecule has 1 aromatic rings. The normalized spacial score (nSPS) is 23.1. The summed E-state index contributed by atoms with van der Waals surface area (Å²) in [5.41, 5.74) is -0.309. The van der Waals surface area contributed by atoms with Crippen LogP contribution in [0.1, 0.15) is 37.4 Å². The number of carbonyl (C=O) groups excluding carboxylic acids is 1. The van der Waals surface area contributed by atoms with Crippen LogP contribution >= 0.6 is 0 Å². The van der Waals surface area contributed by atoms with Gasteiger partial charge in [0.25, 0.3) is 0 Å². The van der Waals surface area contributed by atoms with Crippen molar-refractivity contribution < 1.29 is 18.0 Å². The van der Waals surface area contributed by atoms with E-state index in [1.807, 2.05) is 0 Å². The summed E-state index contributed by atoms with van der Waals surface area (Å²) >= 11 is 0. The lowest BCUT2D eigenvalue weighted by Crippen LogP contribution is -2.54. The number of amides is 1. The van der Waals surface area contributed by atoms with Crippen LogP contribution < -0.4 is 5.32 Å². The minimum absolute atomic E-state index is 0.112. The van der Waals surface area contributed by atoms with Crippen LogP contribution in [0.25, 0.3) is 0 Å². The van der Waals surface area contributed by atoms with E-state index in [-0.39, 0.29) is 24.1 Å². The van der Waals surface area contributed by atoms with Gasteiger partial charge in [0, 0.05) is 19.2 Å². The van der Waals surface area contributed by atoms with Gasteiger partial charge in [-0.2, -0.15) is 13.2 Å². The number of alkyl halides is 3. The van der Waals surface area contributed by atoms with Crippen LogP contribution in [-0.4, -0.2) is 41.6 Å². The molecule has 2 saturated heterocycles. The predicted octanol–water partition coefficient (Wildman–Crippen LogP) is 2.68. The summed E-state index contributed by atoms with van der Waals surface area (Å²) in [6, 6.07) is 2.48. The molecule has 3 rings (SSSR count). The van der Waals surface area contributed by atoms with Crippen LogP contribution in [0.3, 0.4) is 0 Å². The number of aromatic nitrogens is 1. The fourth-order valence-corrected chi connectivity index (χ4v) is 3.69. The molecule has 7 heteroatoms. The number of rotatable bonds is 2. The van der Waals surface area contributed by atoms with Crippen molar-refractivity contribution in [1.82, 2.24) is 15.2 Å². The summed E-state index contributed by atoms with van der Waals surface area (Å²) in [5.74, 6) is -0.429. The number of piperidine rings is 2. The highest BCUT2D eigenvalue weighted by Gasteiger charge is 2.51. The van der Waals surface area contributed by atoms with Gasteiger partial charge in [0.15, 0.2) is 6.04 Å². The summed E-state index contributed by atoms with van der Waals surface area (Å²) in [6.45, 7) is 1.75. The number of hydrogen-bond acceptors (Lipinski definition) is 3. The molecule has 0 bridgehead atoms. The van der Waals surface area contributed by atoms with E-state index in [0.717, 1.165) is 30.8 Å². The lowest BCUT2D eigenvalue weighted by Gasteiger charge is -2.47. The molecular weight excluding hydrogens is 307 g/mol. The highest BCUT2D eigenvalue weighted by molar-refractivity contribution is 5.77. The lowest BCUT2D eigenvalue weighted by molar-refractivity contribution is -0.201. The zero-order valence-corrected chi connectivity index (χ0v) is 12.8. The van der Waals surface area contributed by atoms with Crippen LogP contribution in [0.15, 0.2) is 24.4 Å². The van der Waals surface area contributed by atoms with E-state index in [1.165, 1.54) is 18.3 Å². The molecule has 1 amide bonds. The summed E-state index contributed by atoms with van der Waals surface area (Å²) in [5, 5.41) is 3.24. The number of halogens is 3. The van der Waals surface area contributed by atoms with E-state index in [4.69, 9.17) is 0 Å². The molecule has 3 heterocycles. The van der Waals surface area contributed by atoms with Crippen molar-refractivity contribution in [2.24, 2.45) is 5.41 Å². The third kappa shape index (κ3) is 3.34. The average Bonchev–Trinajstić information content (AvgIpc) is 2.52. The van der Waals surface area contributed by atoms with Crippen molar-refractivity contribution >= 4 is 5.91 Å². The van der Waals surface area contributed by atoms with Crippen molar-refractivity contribution in [2.75, 3.05) is 19.6 Å².